The summed E-state index contributed by atoms with van der Waals surface area (Å²) in [5, 5.41) is 13.2. The number of aliphatic hydroxyl groups excluding tert-OH is 1. The second-order valence-corrected chi connectivity index (χ2v) is 6.31. The van der Waals surface area contributed by atoms with E-state index in [1.165, 1.54) is 11.1 Å². The Morgan fingerprint density at radius 2 is 2.00 bits per heavy atom. The van der Waals surface area contributed by atoms with Gasteiger partial charge in [0, 0.05) is 23.1 Å². The number of aliphatic hydroxyl groups is 1. The maximum Gasteiger partial charge on any atom is 0.224 e. The minimum absolute atomic E-state index is 0.0428. The number of carbonyl (C=O) groups is 1. The molecule has 1 unspecified atom stereocenters. The van der Waals surface area contributed by atoms with Gasteiger partial charge in [0.25, 0.3) is 0 Å². The van der Waals surface area contributed by atoms with Gasteiger partial charge >= 0.3 is 0 Å². The Balaban J connectivity index is 2.17. The first-order valence-electron chi connectivity index (χ1n) is 7.77. The van der Waals surface area contributed by atoms with Crippen molar-refractivity contribution in [1.82, 2.24) is 5.32 Å². The Hall–Kier alpha value is -1.81. The number of amides is 1. The molecular formula is C18H25NO3. The highest BCUT2D eigenvalue weighted by Crippen LogP contribution is 2.25. The first kappa shape index (κ1) is 16.6. The van der Waals surface area contributed by atoms with E-state index in [9.17, 15) is 4.79 Å². The van der Waals surface area contributed by atoms with Gasteiger partial charge in [0.15, 0.2) is 0 Å². The molecule has 2 N–H and O–H groups in total. The van der Waals surface area contributed by atoms with Crippen LogP contribution < -0.4 is 5.32 Å². The summed E-state index contributed by atoms with van der Waals surface area (Å²) in [6.45, 7) is 8.14. The van der Waals surface area contributed by atoms with Gasteiger partial charge in [-0.05, 0) is 56.9 Å². The van der Waals surface area contributed by atoms with Gasteiger partial charge in [0.2, 0.25) is 5.91 Å². The highest BCUT2D eigenvalue weighted by Gasteiger charge is 2.24. The second-order valence-electron chi connectivity index (χ2n) is 6.31. The Morgan fingerprint density at radius 1 is 1.32 bits per heavy atom. The number of hydrogen-bond acceptors (Lipinski definition) is 3. The molecule has 0 saturated heterocycles. The lowest BCUT2D eigenvalue weighted by Crippen LogP contribution is -2.46. The number of aryl methyl sites for hydroxylation is 2. The Kier molecular flexibility index (Phi) is 4.91. The lowest BCUT2D eigenvalue weighted by molar-refractivity contribution is -0.122. The lowest BCUT2D eigenvalue weighted by atomic mass is 9.94. The van der Waals surface area contributed by atoms with Crippen molar-refractivity contribution in [2.75, 3.05) is 6.61 Å². The maximum absolute atomic E-state index is 12.3. The molecule has 0 aliphatic carbocycles. The largest absolute Gasteiger partial charge is 0.464 e. The molecule has 1 aromatic heterocycles. The van der Waals surface area contributed by atoms with E-state index in [2.05, 4.69) is 18.3 Å². The average molecular weight is 303 g/mol. The van der Waals surface area contributed by atoms with Crippen LogP contribution in [0.5, 0.6) is 0 Å². The molecule has 2 aromatic rings. The fourth-order valence-corrected chi connectivity index (χ4v) is 2.60. The minimum atomic E-state index is -0.363. The standard InChI is InChI=1S/C18H25NO3/c1-5-18(4,6-7-20)19-17(21)10-14-11-22-16-9-13(3)12(2)8-15(14)16/h8-9,11,20H,5-7,10H2,1-4H3,(H,19,21). The van der Waals surface area contributed by atoms with Crippen molar-refractivity contribution in [3.8, 4) is 0 Å². The van der Waals surface area contributed by atoms with Gasteiger partial charge in [-0.2, -0.15) is 0 Å². The number of rotatable bonds is 6. The van der Waals surface area contributed by atoms with Crippen molar-refractivity contribution in [3.63, 3.8) is 0 Å². The quantitative estimate of drug-likeness (QED) is 0.861. The number of hydrogen-bond donors (Lipinski definition) is 2. The molecule has 2 rings (SSSR count). The van der Waals surface area contributed by atoms with E-state index in [4.69, 9.17) is 9.52 Å². The summed E-state index contributed by atoms with van der Waals surface area (Å²) < 4.78 is 5.57. The Bertz CT molecular complexity index is 674. The zero-order valence-electron chi connectivity index (χ0n) is 13.8. The summed E-state index contributed by atoms with van der Waals surface area (Å²) in [7, 11) is 0. The van der Waals surface area contributed by atoms with Crippen LogP contribution in [-0.4, -0.2) is 23.2 Å². The summed E-state index contributed by atoms with van der Waals surface area (Å²) in [5.41, 5.74) is 3.73. The Morgan fingerprint density at radius 3 is 2.64 bits per heavy atom. The van der Waals surface area contributed by atoms with E-state index in [1.807, 2.05) is 26.8 Å². The van der Waals surface area contributed by atoms with Crippen LogP contribution in [-0.2, 0) is 11.2 Å². The number of benzene rings is 1. The minimum Gasteiger partial charge on any atom is -0.464 e. The Labute approximate surface area is 131 Å². The molecule has 0 spiro atoms. The number of furan rings is 1. The third-order valence-corrected chi connectivity index (χ3v) is 4.51. The van der Waals surface area contributed by atoms with Gasteiger partial charge in [-0.15, -0.1) is 0 Å². The van der Waals surface area contributed by atoms with Crippen LogP contribution in [0.3, 0.4) is 0 Å². The van der Waals surface area contributed by atoms with Crippen LogP contribution in [0.15, 0.2) is 22.8 Å². The molecule has 0 bridgehead atoms. The summed E-state index contributed by atoms with van der Waals surface area (Å²) in [6, 6.07) is 4.08. The van der Waals surface area contributed by atoms with Gasteiger partial charge in [-0.25, -0.2) is 0 Å². The molecule has 4 nitrogen and oxygen atoms in total. The third kappa shape index (κ3) is 3.50. The van der Waals surface area contributed by atoms with Crippen LogP contribution in [0.2, 0.25) is 0 Å². The summed E-state index contributed by atoms with van der Waals surface area (Å²) in [6.07, 6.45) is 3.29. The fourth-order valence-electron chi connectivity index (χ4n) is 2.60. The van der Waals surface area contributed by atoms with E-state index in [0.717, 1.165) is 23.0 Å². The average Bonchev–Trinajstić information content (AvgIpc) is 2.82. The van der Waals surface area contributed by atoms with E-state index in [-0.39, 0.29) is 24.5 Å². The van der Waals surface area contributed by atoms with Gasteiger partial charge in [-0.1, -0.05) is 6.92 Å². The molecule has 0 aliphatic rings. The van der Waals surface area contributed by atoms with Crippen LogP contribution >= 0.6 is 0 Å². The van der Waals surface area contributed by atoms with Crippen LogP contribution in [0.1, 0.15) is 43.4 Å². The number of nitrogens with one attached hydrogen (secondary N) is 1. The smallest absolute Gasteiger partial charge is 0.224 e. The highest BCUT2D eigenvalue weighted by molar-refractivity contribution is 5.88. The van der Waals surface area contributed by atoms with Crippen LogP contribution in [0.4, 0.5) is 0 Å². The normalized spacial score (nSPS) is 14.0. The van der Waals surface area contributed by atoms with E-state index < -0.39 is 0 Å². The molecule has 1 aromatic carbocycles. The molecule has 1 atom stereocenters. The number of fused-ring (bicyclic) bond motifs is 1. The fraction of sp³-hybridized carbons (Fsp3) is 0.500. The molecule has 4 heteroatoms. The summed E-state index contributed by atoms with van der Waals surface area (Å²) >= 11 is 0. The van der Waals surface area contributed by atoms with E-state index in [0.29, 0.717) is 6.42 Å². The van der Waals surface area contributed by atoms with Gasteiger partial charge in [-0.3, -0.25) is 4.79 Å². The molecule has 22 heavy (non-hydrogen) atoms. The van der Waals surface area contributed by atoms with E-state index >= 15 is 0 Å². The zero-order valence-corrected chi connectivity index (χ0v) is 13.8. The van der Waals surface area contributed by atoms with Crippen molar-refractivity contribution in [2.24, 2.45) is 0 Å². The van der Waals surface area contributed by atoms with E-state index in [1.54, 1.807) is 6.26 Å². The second kappa shape index (κ2) is 6.53. The van der Waals surface area contributed by atoms with Crippen molar-refractivity contribution >= 4 is 16.9 Å². The first-order chi connectivity index (χ1) is 10.4. The van der Waals surface area contributed by atoms with Crippen molar-refractivity contribution in [1.29, 1.82) is 0 Å². The van der Waals surface area contributed by atoms with Crippen LogP contribution in [0.25, 0.3) is 11.0 Å². The summed E-state index contributed by atoms with van der Waals surface area (Å²) in [4.78, 5) is 12.3. The third-order valence-electron chi connectivity index (χ3n) is 4.51. The van der Waals surface area contributed by atoms with Gasteiger partial charge in [0.05, 0.1) is 12.7 Å². The molecule has 0 radical (unpaired) electrons. The van der Waals surface area contributed by atoms with Crippen molar-refractivity contribution in [2.45, 2.75) is 52.5 Å². The number of carbonyl (C=O) groups excluding carboxylic acids is 1. The van der Waals surface area contributed by atoms with Gasteiger partial charge < -0.3 is 14.8 Å². The predicted octanol–water partition coefficient (Wildman–Crippen LogP) is 3.26. The van der Waals surface area contributed by atoms with Crippen molar-refractivity contribution in [3.05, 3.63) is 35.1 Å². The maximum atomic E-state index is 12.3. The first-order valence-corrected chi connectivity index (χ1v) is 7.77. The monoisotopic (exact) mass is 303 g/mol. The molecule has 0 aliphatic heterocycles. The predicted molar refractivity (Wildman–Crippen MR) is 87.9 cm³/mol. The van der Waals surface area contributed by atoms with Crippen molar-refractivity contribution < 1.29 is 14.3 Å². The highest BCUT2D eigenvalue weighted by atomic mass is 16.3. The van der Waals surface area contributed by atoms with Gasteiger partial charge in [0.1, 0.15) is 5.58 Å². The molecule has 1 amide bonds. The molecule has 1 heterocycles. The molecular weight excluding hydrogens is 278 g/mol. The zero-order chi connectivity index (χ0) is 16.3. The van der Waals surface area contributed by atoms with Crippen LogP contribution in [0, 0.1) is 13.8 Å². The topological polar surface area (TPSA) is 62.5 Å². The lowest BCUT2D eigenvalue weighted by Gasteiger charge is -2.29. The SMILES string of the molecule is CCC(C)(CCO)NC(=O)Cc1coc2cc(C)c(C)cc12. The molecule has 0 saturated carbocycles. The molecule has 0 fully saturated rings. The molecule has 120 valence electrons. The summed E-state index contributed by atoms with van der Waals surface area (Å²) in [5.74, 6) is -0.0428.